The third-order valence-electron chi connectivity index (χ3n) is 4.43. The zero-order valence-corrected chi connectivity index (χ0v) is 22.2. The largest absolute Gasteiger partial charge is 0.506 e. The number of phenolic OH excluding ortho intramolecular Hbond substituents is 1. The molecule has 0 fully saturated rings. The van der Waals surface area contributed by atoms with Gasteiger partial charge in [-0.2, -0.15) is 5.10 Å². The van der Waals surface area contributed by atoms with Gasteiger partial charge in [-0.1, -0.05) is 46.8 Å². The number of aromatic hydroxyl groups is 1. The van der Waals surface area contributed by atoms with E-state index in [2.05, 4.69) is 79.9 Å². The molecule has 0 spiro atoms. The van der Waals surface area contributed by atoms with Gasteiger partial charge in [0.05, 0.1) is 9.78 Å². The SMILES string of the molecule is CC(C)(C)CC(C)(C)c1ccc(OCC(=O)N/N=C/c2cc(I)cc(I)c2O)cc1. The first-order valence-corrected chi connectivity index (χ1v) is 11.8. The van der Waals surface area contributed by atoms with Gasteiger partial charge in [0.25, 0.3) is 5.91 Å². The number of hydrogen-bond acceptors (Lipinski definition) is 4. The molecule has 0 heterocycles. The number of carbonyl (C=O) groups is 1. The molecule has 1 amide bonds. The Balaban J connectivity index is 1.89. The van der Waals surface area contributed by atoms with E-state index in [9.17, 15) is 9.90 Å². The molecule has 30 heavy (non-hydrogen) atoms. The summed E-state index contributed by atoms with van der Waals surface area (Å²) in [6.45, 7) is 11.1. The van der Waals surface area contributed by atoms with Crippen molar-refractivity contribution in [3.05, 3.63) is 54.7 Å². The van der Waals surface area contributed by atoms with Crippen molar-refractivity contribution >= 4 is 57.3 Å². The molecule has 0 aliphatic carbocycles. The molecular formula is C23H28I2N2O3. The molecule has 0 unspecified atom stereocenters. The van der Waals surface area contributed by atoms with Gasteiger partial charge < -0.3 is 9.84 Å². The van der Waals surface area contributed by atoms with Crippen LogP contribution in [0.2, 0.25) is 0 Å². The summed E-state index contributed by atoms with van der Waals surface area (Å²) in [5.41, 5.74) is 4.50. The van der Waals surface area contributed by atoms with Gasteiger partial charge in [-0.25, -0.2) is 5.43 Å². The van der Waals surface area contributed by atoms with Crippen molar-refractivity contribution in [1.82, 2.24) is 5.43 Å². The number of amides is 1. The first kappa shape index (κ1) is 24.9. The molecule has 162 valence electrons. The number of halogens is 2. The van der Waals surface area contributed by atoms with Gasteiger partial charge in [0.2, 0.25) is 0 Å². The number of nitrogens with zero attached hydrogens (tertiary/aromatic N) is 1. The molecule has 2 rings (SSSR count). The Morgan fingerprint density at radius 2 is 1.77 bits per heavy atom. The monoisotopic (exact) mass is 634 g/mol. The first-order chi connectivity index (χ1) is 13.9. The molecule has 7 heteroatoms. The smallest absolute Gasteiger partial charge is 0.277 e. The van der Waals surface area contributed by atoms with E-state index in [0.717, 1.165) is 13.6 Å². The zero-order valence-electron chi connectivity index (χ0n) is 17.9. The lowest BCUT2D eigenvalue weighted by Gasteiger charge is -2.33. The standard InChI is InChI=1S/C23H28I2N2O3/c1-22(2,3)14-23(4,5)16-6-8-18(9-7-16)30-13-20(28)27-26-12-15-10-17(24)11-19(25)21(15)29/h6-12,29H,13-14H2,1-5H3,(H,27,28)/b26-12+. The van der Waals surface area contributed by atoms with Crippen molar-refractivity contribution in [2.45, 2.75) is 46.5 Å². The first-order valence-electron chi connectivity index (χ1n) is 9.61. The van der Waals surface area contributed by atoms with Crippen molar-refractivity contribution in [3.8, 4) is 11.5 Å². The number of rotatable bonds is 7. The topological polar surface area (TPSA) is 70.9 Å². The molecule has 0 aliphatic rings. The Kier molecular flexibility index (Phi) is 8.55. The molecule has 2 N–H and O–H groups in total. The van der Waals surface area contributed by atoms with Crippen LogP contribution in [0.25, 0.3) is 0 Å². The van der Waals surface area contributed by atoms with Crippen LogP contribution in [0.15, 0.2) is 41.5 Å². The number of carbonyl (C=O) groups excluding carboxylic acids is 1. The van der Waals surface area contributed by atoms with E-state index >= 15 is 0 Å². The van der Waals surface area contributed by atoms with Gasteiger partial charge in [-0.3, -0.25) is 4.79 Å². The molecule has 0 radical (unpaired) electrons. The summed E-state index contributed by atoms with van der Waals surface area (Å²) in [5.74, 6) is 0.400. The van der Waals surface area contributed by atoms with Crippen LogP contribution in [0.3, 0.4) is 0 Å². The lowest BCUT2D eigenvalue weighted by molar-refractivity contribution is -0.123. The van der Waals surface area contributed by atoms with Gasteiger partial charge >= 0.3 is 0 Å². The number of phenols is 1. The number of hydrogen-bond donors (Lipinski definition) is 2. The summed E-state index contributed by atoms with van der Waals surface area (Å²) in [6.07, 6.45) is 2.49. The Morgan fingerprint density at radius 3 is 2.37 bits per heavy atom. The van der Waals surface area contributed by atoms with Crippen molar-refractivity contribution in [2.75, 3.05) is 6.61 Å². The Morgan fingerprint density at radius 1 is 1.13 bits per heavy atom. The second kappa shape index (κ2) is 10.3. The van der Waals surface area contributed by atoms with Crippen LogP contribution in [0, 0.1) is 12.6 Å². The van der Waals surface area contributed by atoms with E-state index in [1.165, 1.54) is 11.8 Å². The van der Waals surface area contributed by atoms with Crippen molar-refractivity contribution < 1.29 is 14.6 Å². The molecule has 0 aliphatic heterocycles. The second-order valence-electron chi connectivity index (χ2n) is 9.05. The maximum Gasteiger partial charge on any atom is 0.277 e. The van der Waals surface area contributed by atoms with E-state index in [4.69, 9.17) is 4.74 Å². The third kappa shape index (κ3) is 7.72. The van der Waals surface area contributed by atoms with Crippen LogP contribution in [-0.4, -0.2) is 23.8 Å². The van der Waals surface area contributed by atoms with Crippen LogP contribution in [0.5, 0.6) is 11.5 Å². The maximum atomic E-state index is 12.0. The van der Waals surface area contributed by atoms with Crippen LogP contribution >= 0.6 is 45.2 Å². The van der Waals surface area contributed by atoms with Crippen molar-refractivity contribution in [3.63, 3.8) is 0 Å². The van der Waals surface area contributed by atoms with E-state index in [1.54, 1.807) is 6.07 Å². The molecule has 0 atom stereocenters. The van der Waals surface area contributed by atoms with Crippen LogP contribution < -0.4 is 10.2 Å². The minimum absolute atomic E-state index is 0.0570. The second-order valence-corrected chi connectivity index (χ2v) is 11.5. The van der Waals surface area contributed by atoms with Gasteiger partial charge in [0.15, 0.2) is 6.61 Å². The summed E-state index contributed by atoms with van der Waals surface area (Å²) >= 11 is 4.21. The Bertz CT molecular complexity index is 917. The molecule has 5 nitrogen and oxygen atoms in total. The highest BCUT2D eigenvalue weighted by molar-refractivity contribution is 14.1. The highest BCUT2D eigenvalue weighted by atomic mass is 127. The van der Waals surface area contributed by atoms with Crippen LogP contribution in [-0.2, 0) is 10.2 Å². The number of hydrazone groups is 1. The van der Waals surface area contributed by atoms with Crippen molar-refractivity contribution in [1.29, 1.82) is 0 Å². The molecule has 0 bridgehead atoms. The Labute approximate surface area is 206 Å². The van der Waals surface area contributed by atoms with Crippen molar-refractivity contribution in [2.24, 2.45) is 10.5 Å². The van der Waals surface area contributed by atoms with Crippen LogP contribution in [0.4, 0.5) is 0 Å². The summed E-state index contributed by atoms with van der Waals surface area (Å²) in [7, 11) is 0. The highest BCUT2D eigenvalue weighted by Crippen LogP contribution is 2.36. The Hall–Kier alpha value is -1.36. The molecule has 2 aromatic carbocycles. The fraction of sp³-hybridized carbons (Fsp3) is 0.391. The lowest BCUT2D eigenvalue weighted by atomic mass is 9.72. The summed E-state index contributed by atoms with van der Waals surface area (Å²) in [4.78, 5) is 12.0. The van der Waals surface area contributed by atoms with E-state index in [0.29, 0.717) is 11.3 Å². The summed E-state index contributed by atoms with van der Waals surface area (Å²) < 4.78 is 7.26. The normalized spacial score (nSPS) is 12.2. The number of nitrogens with one attached hydrogen (secondary N) is 1. The van der Waals surface area contributed by atoms with Crippen LogP contribution in [0.1, 0.15) is 52.2 Å². The third-order valence-corrected chi connectivity index (χ3v) is 5.87. The maximum absolute atomic E-state index is 12.0. The van der Waals surface area contributed by atoms with E-state index in [1.807, 2.05) is 40.8 Å². The van der Waals surface area contributed by atoms with E-state index < -0.39 is 0 Å². The van der Waals surface area contributed by atoms with E-state index in [-0.39, 0.29) is 29.1 Å². The summed E-state index contributed by atoms with van der Waals surface area (Å²) in [5, 5.41) is 13.9. The van der Waals surface area contributed by atoms with Gasteiger partial charge in [0.1, 0.15) is 11.5 Å². The average Bonchev–Trinajstić information content (AvgIpc) is 2.62. The average molecular weight is 634 g/mol. The molecule has 0 aromatic heterocycles. The van der Waals surface area contributed by atoms with Gasteiger partial charge in [-0.05, 0) is 92.3 Å². The van der Waals surface area contributed by atoms with Gasteiger partial charge in [-0.15, -0.1) is 0 Å². The number of ether oxygens (including phenoxy) is 1. The molecule has 0 saturated carbocycles. The number of benzene rings is 2. The highest BCUT2D eigenvalue weighted by Gasteiger charge is 2.27. The molecule has 0 saturated heterocycles. The fourth-order valence-corrected chi connectivity index (χ4v) is 5.36. The molecule has 2 aromatic rings. The summed E-state index contributed by atoms with van der Waals surface area (Å²) in [6, 6.07) is 11.5. The predicted octanol–water partition coefficient (Wildman–Crippen LogP) is 5.84. The predicted molar refractivity (Wildman–Crippen MR) is 138 cm³/mol. The fourth-order valence-electron chi connectivity index (χ4n) is 3.47. The molecular weight excluding hydrogens is 606 g/mol. The lowest BCUT2D eigenvalue weighted by Crippen LogP contribution is -2.25. The minimum Gasteiger partial charge on any atom is -0.506 e. The zero-order chi connectivity index (χ0) is 22.5. The van der Waals surface area contributed by atoms with Gasteiger partial charge in [0, 0.05) is 9.13 Å². The minimum atomic E-state index is -0.372. The quantitative estimate of drug-likeness (QED) is 0.229.